The van der Waals surface area contributed by atoms with Crippen LogP contribution in [0.3, 0.4) is 0 Å². The summed E-state index contributed by atoms with van der Waals surface area (Å²) in [6.07, 6.45) is 2.21. The third kappa shape index (κ3) is 5.73. The lowest BCUT2D eigenvalue weighted by molar-refractivity contribution is -0.137. The van der Waals surface area contributed by atoms with Gasteiger partial charge in [-0.3, -0.25) is 4.79 Å². The molecule has 0 aromatic carbocycles. The summed E-state index contributed by atoms with van der Waals surface area (Å²) < 4.78 is 38.4. The Hall–Kier alpha value is -1.54. The predicted molar refractivity (Wildman–Crippen MR) is 103 cm³/mol. The summed E-state index contributed by atoms with van der Waals surface area (Å²) in [5.41, 5.74) is -0.842. The molecule has 156 valence electrons. The lowest BCUT2D eigenvalue weighted by atomic mass is 10.2. The average Bonchev–Trinajstić information content (AvgIpc) is 3.02. The molecule has 1 aliphatic heterocycles. The van der Waals surface area contributed by atoms with Crippen molar-refractivity contribution in [2.24, 2.45) is 0 Å². The van der Waals surface area contributed by atoms with E-state index < -0.39 is 11.7 Å². The summed E-state index contributed by atoms with van der Waals surface area (Å²) in [7, 11) is 0. The first-order chi connectivity index (χ1) is 13.3. The lowest BCUT2D eigenvalue weighted by Gasteiger charge is -2.24. The second-order valence-electron chi connectivity index (χ2n) is 7.51. The van der Waals surface area contributed by atoms with Gasteiger partial charge in [-0.05, 0) is 31.9 Å². The monoisotopic (exact) mass is 418 g/mol. The normalized spacial score (nSPS) is 19.6. The molecule has 9 heteroatoms. The summed E-state index contributed by atoms with van der Waals surface area (Å²) in [5.74, 6) is 0.482. The van der Waals surface area contributed by atoms with E-state index in [1.54, 1.807) is 0 Å². The number of amides is 1. The maximum Gasteiger partial charge on any atom is 0.417 e. The maximum atomic E-state index is 12.8. The highest BCUT2D eigenvalue weighted by Crippen LogP contribution is 2.33. The van der Waals surface area contributed by atoms with E-state index in [9.17, 15) is 18.0 Å². The molecule has 2 fully saturated rings. The number of nitrogens with one attached hydrogen (secondary N) is 1. The van der Waals surface area contributed by atoms with Gasteiger partial charge in [-0.2, -0.15) is 13.2 Å². The van der Waals surface area contributed by atoms with Crippen LogP contribution in [0.2, 0.25) is 5.02 Å². The smallest absolute Gasteiger partial charge is 0.354 e. The molecule has 2 aliphatic rings. The number of anilines is 1. The minimum Gasteiger partial charge on any atom is -0.354 e. The van der Waals surface area contributed by atoms with E-state index in [-0.39, 0.29) is 10.9 Å². The summed E-state index contributed by atoms with van der Waals surface area (Å²) in [6, 6.07) is 1.26. The second kappa shape index (κ2) is 9.31. The van der Waals surface area contributed by atoms with Crippen molar-refractivity contribution in [3.05, 3.63) is 22.8 Å². The quantitative estimate of drug-likeness (QED) is 0.791. The van der Waals surface area contributed by atoms with Gasteiger partial charge >= 0.3 is 6.18 Å². The Bertz CT molecular complexity index is 680. The number of carbonyl (C=O) groups excluding carboxylic acids is 1. The van der Waals surface area contributed by atoms with Crippen molar-refractivity contribution in [1.82, 2.24) is 15.2 Å². The molecule has 0 atom stereocenters. The molecule has 0 bridgehead atoms. The van der Waals surface area contributed by atoms with Crippen LogP contribution >= 0.6 is 11.6 Å². The van der Waals surface area contributed by atoms with Crippen molar-refractivity contribution in [2.45, 2.75) is 50.7 Å². The van der Waals surface area contributed by atoms with Crippen LogP contribution in [-0.4, -0.2) is 54.6 Å². The van der Waals surface area contributed by atoms with Gasteiger partial charge in [0, 0.05) is 44.8 Å². The number of rotatable bonds is 5. The minimum absolute atomic E-state index is 0.0132. The van der Waals surface area contributed by atoms with E-state index in [2.05, 4.69) is 15.2 Å². The molecule has 1 saturated heterocycles. The van der Waals surface area contributed by atoms with Crippen LogP contribution in [-0.2, 0) is 11.0 Å². The molecule has 5 nitrogen and oxygen atoms in total. The summed E-state index contributed by atoms with van der Waals surface area (Å²) in [5, 5.41) is 3.11. The Kier molecular flexibility index (Phi) is 7.04. The van der Waals surface area contributed by atoms with Gasteiger partial charge in [0.15, 0.2) is 0 Å². The summed E-state index contributed by atoms with van der Waals surface area (Å²) >= 11 is 6.07. The van der Waals surface area contributed by atoms with Gasteiger partial charge in [0.25, 0.3) is 0 Å². The number of nitrogens with zero attached hydrogens (tertiary/aromatic N) is 3. The van der Waals surface area contributed by atoms with Crippen LogP contribution in [0.25, 0.3) is 0 Å². The fourth-order valence-corrected chi connectivity index (χ4v) is 4.14. The predicted octanol–water partition coefficient (Wildman–Crippen LogP) is 3.71. The van der Waals surface area contributed by atoms with Crippen molar-refractivity contribution >= 4 is 23.3 Å². The molecule has 0 radical (unpaired) electrons. The molecule has 0 spiro atoms. The summed E-state index contributed by atoms with van der Waals surface area (Å²) in [4.78, 5) is 20.2. The zero-order valence-corrected chi connectivity index (χ0v) is 16.5. The molecule has 3 rings (SSSR count). The lowest BCUT2D eigenvalue weighted by Crippen LogP contribution is -2.37. The Morgan fingerprint density at radius 3 is 2.61 bits per heavy atom. The van der Waals surface area contributed by atoms with Crippen LogP contribution in [0.1, 0.15) is 44.1 Å². The molecule has 28 heavy (non-hydrogen) atoms. The molecule has 1 N–H and O–H groups in total. The molecule has 1 aliphatic carbocycles. The van der Waals surface area contributed by atoms with E-state index in [0.29, 0.717) is 37.9 Å². The van der Waals surface area contributed by atoms with E-state index in [0.717, 1.165) is 44.6 Å². The largest absolute Gasteiger partial charge is 0.417 e. The number of pyridine rings is 1. The molecule has 1 aromatic heterocycles. The number of hydrogen-bond acceptors (Lipinski definition) is 4. The number of halogens is 4. The van der Waals surface area contributed by atoms with Crippen LogP contribution < -0.4 is 10.2 Å². The fraction of sp³-hybridized carbons (Fsp3) is 0.684. The summed E-state index contributed by atoms with van der Waals surface area (Å²) in [6.45, 7) is 3.52. The molecular weight excluding hydrogens is 393 g/mol. The SMILES string of the molecule is O=C(CCN1CCCN(c2ncc(C(F)(F)F)cc2Cl)CC1)NC1CCCC1. The van der Waals surface area contributed by atoms with Crippen LogP contribution in [0.4, 0.5) is 19.0 Å². The highest BCUT2D eigenvalue weighted by Gasteiger charge is 2.32. The van der Waals surface area contributed by atoms with Crippen LogP contribution in [0, 0.1) is 0 Å². The first kappa shape index (κ1) is 21.2. The van der Waals surface area contributed by atoms with Crippen LogP contribution in [0.15, 0.2) is 12.3 Å². The molecule has 0 unspecified atom stereocenters. The highest BCUT2D eigenvalue weighted by atomic mass is 35.5. The first-order valence-corrected chi connectivity index (χ1v) is 10.2. The molecule has 1 amide bonds. The van der Waals surface area contributed by atoms with E-state index in [1.165, 1.54) is 12.8 Å². The van der Waals surface area contributed by atoms with Crippen molar-refractivity contribution in [3.8, 4) is 0 Å². The topological polar surface area (TPSA) is 48.5 Å². The van der Waals surface area contributed by atoms with Gasteiger partial charge < -0.3 is 15.1 Å². The van der Waals surface area contributed by atoms with Crippen molar-refractivity contribution in [1.29, 1.82) is 0 Å². The molecular formula is C19H26ClF3N4O. The van der Waals surface area contributed by atoms with E-state index in [1.807, 2.05) is 4.90 Å². The maximum absolute atomic E-state index is 12.8. The zero-order valence-electron chi connectivity index (χ0n) is 15.8. The Labute approximate surface area is 168 Å². The Morgan fingerprint density at radius 1 is 1.18 bits per heavy atom. The molecule has 1 aromatic rings. The number of alkyl halides is 3. The third-order valence-electron chi connectivity index (χ3n) is 5.41. The molecule has 1 saturated carbocycles. The van der Waals surface area contributed by atoms with E-state index >= 15 is 0 Å². The second-order valence-corrected chi connectivity index (χ2v) is 7.92. The Balaban J connectivity index is 1.50. The zero-order chi connectivity index (χ0) is 20.1. The van der Waals surface area contributed by atoms with Crippen LogP contribution in [0.5, 0.6) is 0 Å². The fourth-order valence-electron chi connectivity index (χ4n) is 3.85. The minimum atomic E-state index is -4.45. The number of carbonyl (C=O) groups is 1. The Morgan fingerprint density at radius 2 is 1.93 bits per heavy atom. The highest BCUT2D eigenvalue weighted by molar-refractivity contribution is 6.33. The molecule has 2 heterocycles. The number of hydrogen-bond donors (Lipinski definition) is 1. The third-order valence-corrected chi connectivity index (χ3v) is 5.69. The van der Waals surface area contributed by atoms with Gasteiger partial charge in [-0.25, -0.2) is 4.98 Å². The van der Waals surface area contributed by atoms with Crippen molar-refractivity contribution in [3.63, 3.8) is 0 Å². The van der Waals surface area contributed by atoms with Crippen molar-refractivity contribution in [2.75, 3.05) is 37.6 Å². The van der Waals surface area contributed by atoms with Gasteiger partial charge in [-0.15, -0.1) is 0 Å². The first-order valence-electron chi connectivity index (χ1n) is 9.82. The van der Waals surface area contributed by atoms with Gasteiger partial charge in [0.2, 0.25) is 5.91 Å². The van der Waals surface area contributed by atoms with Gasteiger partial charge in [0.1, 0.15) is 5.82 Å². The number of aromatic nitrogens is 1. The van der Waals surface area contributed by atoms with E-state index in [4.69, 9.17) is 11.6 Å². The average molecular weight is 419 g/mol. The van der Waals surface area contributed by atoms with Gasteiger partial charge in [-0.1, -0.05) is 24.4 Å². The van der Waals surface area contributed by atoms with Gasteiger partial charge in [0.05, 0.1) is 10.6 Å². The van der Waals surface area contributed by atoms with Crippen molar-refractivity contribution < 1.29 is 18.0 Å². The standard InChI is InChI=1S/C19H26ClF3N4O/c20-16-12-14(19(21,22)23)13-24-18(16)27-8-3-7-26(10-11-27)9-6-17(28)25-15-4-1-2-5-15/h12-13,15H,1-11H2,(H,25,28).